The molecule has 0 bridgehead atoms. The van der Waals surface area contributed by atoms with E-state index in [1.165, 1.54) is 29.5 Å². The van der Waals surface area contributed by atoms with Gasteiger partial charge in [-0.2, -0.15) is 9.98 Å². The molecule has 0 unspecified atom stereocenters. The Labute approximate surface area is 145 Å². The first kappa shape index (κ1) is 17.4. The molecule has 2 aromatic rings. The second-order valence-electron chi connectivity index (χ2n) is 4.59. The molecule has 2 amide bonds. The van der Waals surface area contributed by atoms with Crippen LogP contribution >= 0.6 is 22.9 Å². The van der Waals surface area contributed by atoms with Gasteiger partial charge in [0.2, 0.25) is 0 Å². The molecule has 10 heteroatoms. The molecule has 2 rings (SSSR count). The highest BCUT2D eigenvalue weighted by Gasteiger charge is 2.15. The van der Waals surface area contributed by atoms with Gasteiger partial charge in [0.25, 0.3) is 11.8 Å². The van der Waals surface area contributed by atoms with Crippen molar-refractivity contribution in [2.45, 2.75) is 0 Å². The zero-order chi connectivity index (χ0) is 17.9. The summed E-state index contributed by atoms with van der Waals surface area (Å²) in [4.78, 5) is 31.1. The Hall–Kier alpha value is -2.91. The van der Waals surface area contributed by atoms with E-state index in [9.17, 15) is 9.59 Å². The van der Waals surface area contributed by atoms with Gasteiger partial charge in [-0.1, -0.05) is 11.6 Å². The second-order valence-corrected chi connectivity index (χ2v) is 6.11. The van der Waals surface area contributed by atoms with E-state index >= 15 is 0 Å². The highest BCUT2D eigenvalue weighted by Crippen LogP contribution is 2.33. The van der Waals surface area contributed by atoms with Crippen molar-refractivity contribution in [3.05, 3.63) is 45.1 Å². The van der Waals surface area contributed by atoms with Crippen LogP contribution in [0.3, 0.4) is 0 Å². The van der Waals surface area contributed by atoms with E-state index in [-0.39, 0.29) is 11.1 Å². The van der Waals surface area contributed by atoms with Crippen molar-refractivity contribution in [1.82, 2.24) is 0 Å². The SMILES string of the molecule is NC(N)=NC(=O)c1cc(C(=O)N=C(N)N)cc(-c2ccsc2Cl)c1. The summed E-state index contributed by atoms with van der Waals surface area (Å²) in [6.45, 7) is 0. The van der Waals surface area contributed by atoms with Crippen molar-refractivity contribution in [2.24, 2.45) is 32.9 Å². The Morgan fingerprint density at radius 1 is 0.917 bits per heavy atom. The van der Waals surface area contributed by atoms with Crippen LogP contribution in [0.15, 0.2) is 39.6 Å². The van der Waals surface area contributed by atoms with Gasteiger partial charge in [0.05, 0.1) is 0 Å². The number of thiophene rings is 1. The summed E-state index contributed by atoms with van der Waals surface area (Å²) in [7, 11) is 0. The first-order chi connectivity index (χ1) is 11.3. The summed E-state index contributed by atoms with van der Waals surface area (Å²) in [5, 5.41) is 1.78. The molecule has 124 valence electrons. The molecule has 24 heavy (non-hydrogen) atoms. The minimum absolute atomic E-state index is 0.0947. The molecular weight excluding hydrogens is 352 g/mol. The van der Waals surface area contributed by atoms with E-state index in [0.29, 0.717) is 15.5 Å². The average molecular weight is 365 g/mol. The van der Waals surface area contributed by atoms with E-state index in [4.69, 9.17) is 34.5 Å². The second kappa shape index (κ2) is 7.11. The maximum absolute atomic E-state index is 12.1. The summed E-state index contributed by atoms with van der Waals surface area (Å²) in [5.74, 6) is -2.20. The topological polar surface area (TPSA) is 163 Å². The molecule has 1 aromatic heterocycles. The molecule has 0 saturated heterocycles. The Morgan fingerprint density at radius 2 is 1.42 bits per heavy atom. The van der Waals surface area contributed by atoms with E-state index in [0.717, 1.165) is 0 Å². The van der Waals surface area contributed by atoms with E-state index in [1.54, 1.807) is 11.4 Å². The lowest BCUT2D eigenvalue weighted by atomic mass is 10.0. The van der Waals surface area contributed by atoms with Crippen LogP contribution in [-0.2, 0) is 0 Å². The first-order valence-electron chi connectivity index (χ1n) is 6.44. The van der Waals surface area contributed by atoms with E-state index in [1.807, 2.05) is 0 Å². The van der Waals surface area contributed by atoms with Gasteiger partial charge in [-0.15, -0.1) is 11.3 Å². The highest BCUT2D eigenvalue weighted by molar-refractivity contribution is 7.15. The van der Waals surface area contributed by atoms with Gasteiger partial charge in [-0.25, -0.2) is 0 Å². The zero-order valence-electron chi connectivity index (χ0n) is 12.2. The molecule has 0 aliphatic heterocycles. The Morgan fingerprint density at radius 3 is 1.79 bits per heavy atom. The van der Waals surface area contributed by atoms with Gasteiger partial charge in [-0.3, -0.25) is 9.59 Å². The highest BCUT2D eigenvalue weighted by atomic mass is 35.5. The average Bonchev–Trinajstić information content (AvgIpc) is 2.91. The van der Waals surface area contributed by atoms with Crippen molar-refractivity contribution in [1.29, 1.82) is 0 Å². The third kappa shape index (κ3) is 4.09. The van der Waals surface area contributed by atoms with Gasteiger partial charge < -0.3 is 22.9 Å². The lowest BCUT2D eigenvalue weighted by molar-refractivity contribution is 0.100. The fourth-order valence-electron chi connectivity index (χ4n) is 1.89. The Bertz CT molecular complexity index is 818. The van der Waals surface area contributed by atoms with Crippen LogP contribution in [0.1, 0.15) is 20.7 Å². The normalized spacial score (nSPS) is 10.0. The minimum Gasteiger partial charge on any atom is -0.370 e. The van der Waals surface area contributed by atoms with Crippen LogP contribution in [0.5, 0.6) is 0 Å². The van der Waals surface area contributed by atoms with Gasteiger partial charge in [-0.05, 0) is 35.2 Å². The van der Waals surface area contributed by atoms with Gasteiger partial charge in [0.1, 0.15) is 4.34 Å². The predicted octanol–water partition coefficient (Wildman–Crippen LogP) is 0.896. The minimum atomic E-state index is -0.707. The predicted molar refractivity (Wildman–Crippen MR) is 95.0 cm³/mol. The van der Waals surface area contributed by atoms with Crippen molar-refractivity contribution < 1.29 is 9.59 Å². The molecule has 0 saturated carbocycles. The molecule has 8 nitrogen and oxygen atoms in total. The van der Waals surface area contributed by atoms with E-state index < -0.39 is 23.7 Å². The number of halogens is 1. The molecule has 8 N–H and O–H groups in total. The van der Waals surface area contributed by atoms with Crippen molar-refractivity contribution >= 4 is 46.7 Å². The number of carbonyl (C=O) groups excluding carboxylic acids is 2. The largest absolute Gasteiger partial charge is 0.370 e. The molecule has 0 spiro atoms. The lowest BCUT2D eigenvalue weighted by Gasteiger charge is -2.06. The fraction of sp³-hybridized carbons (Fsp3) is 0. The number of rotatable bonds is 3. The number of hydrogen-bond acceptors (Lipinski definition) is 3. The zero-order valence-corrected chi connectivity index (χ0v) is 13.8. The number of nitrogens with zero attached hydrogens (tertiary/aromatic N) is 2. The van der Waals surface area contributed by atoms with Crippen LogP contribution in [0.25, 0.3) is 11.1 Å². The van der Waals surface area contributed by atoms with Crippen molar-refractivity contribution in [3.63, 3.8) is 0 Å². The summed E-state index contributed by atoms with van der Waals surface area (Å²) < 4.78 is 0.502. The molecule has 0 fully saturated rings. The van der Waals surface area contributed by atoms with Gasteiger partial charge in [0, 0.05) is 16.7 Å². The lowest BCUT2D eigenvalue weighted by Crippen LogP contribution is -2.24. The molecule has 1 aromatic carbocycles. The third-order valence-electron chi connectivity index (χ3n) is 2.82. The monoisotopic (exact) mass is 364 g/mol. The number of nitrogens with two attached hydrogens (primary N) is 4. The molecule has 0 aliphatic rings. The number of hydrogen-bond donors (Lipinski definition) is 4. The summed E-state index contributed by atoms with van der Waals surface area (Å²) in [6.07, 6.45) is 0. The van der Waals surface area contributed by atoms with E-state index in [2.05, 4.69) is 9.98 Å². The van der Waals surface area contributed by atoms with Crippen LogP contribution in [0, 0.1) is 0 Å². The van der Waals surface area contributed by atoms with Crippen molar-refractivity contribution in [3.8, 4) is 11.1 Å². The van der Waals surface area contributed by atoms with Crippen LogP contribution in [0.2, 0.25) is 4.34 Å². The number of guanidine groups is 2. The number of aliphatic imine (C=N–C) groups is 2. The number of benzene rings is 1. The fourth-order valence-corrected chi connectivity index (χ4v) is 2.86. The van der Waals surface area contributed by atoms with Gasteiger partial charge >= 0.3 is 0 Å². The number of carbonyl (C=O) groups is 2. The van der Waals surface area contributed by atoms with Crippen molar-refractivity contribution in [2.75, 3.05) is 0 Å². The first-order valence-corrected chi connectivity index (χ1v) is 7.70. The maximum atomic E-state index is 12.1. The maximum Gasteiger partial charge on any atom is 0.280 e. The standard InChI is InChI=1S/C14H13ClN6O2S/c15-10-9(1-2-24-10)6-3-7(11(22)20-13(16)17)5-8(4-6)12(23)21-14(18)19/h1-5H,(H4,16,17,20,22)(H4,18,19,21,23). The quantitative estimate of drug-likeness (QED) is 0.466. The van der Waals surface area contributed by atoms with Crippen LogP contribution in [0.4, 0.5) is 0 Å². The summed E-state index contributed by atoms with van der Waals surface area (Å²) in [6, 6.07) is 6.10. The summed E-state index contributed by atoms with van der Waals surface area (Å²) >= 11 is 7.43. The Balaban J connectivity index is 2.62. The third-order valence-corrected chi connectivity index (χ3v) is 3.99. The van der Waals surface area contributed by atoms with Crippen LogP contribution in [-0.4, -0.2) is 23.7 Å². The molecule has 0 atom stereocenters. The summed E-state index contributed by atoms with van der Waals surface area (Å²) in [5.41, 5.74) is 22.2. The molecule has 0 aliphatic carbocycles. The molecular formula is C14H13ClN6O2S. The number of amides is 2. The Kier molecular flexibility index (Phi) is 5.17. The molecule has 0 radical (unpaired) electrons. The smallest absolute Gasteiger partial charge is 0.280 e. The van der Waals surface area contributed by atoms with Gasteiger partial charge in [0.15, 0.2) is 11.9 Å². The van der Waals surface area contributed by atoms with Crippen LogP contribution < -0.4 is 22.9 Å². The molecule has 1 heterocycles.